The maximum Gasteiger partial charge on any atom is 0.254 e. The highest BCUT2D eigenvalue weighted by Crippen LogP contribution is 2.26. The van der Waals surface area contributed by atoms with Gasteiger partial charge in [0, 0.05) is 12.6 Å². The molecule has 0 radical (unpaired) electrons. The monoisotopic (exact) mass is 355 g/mol. The van der Waals surface area contributed by atoms with Gasteiger partial charge in [-0.3, -0.25) is 14.4 Å². The van der Waals surface area contributed by atoms with E-state index in [-0.39, 0.29) is 33.5 Å². The summed E-state index contributed by atoms with van der Waals surface area (Å²) in [5.41, 5.74) is 0.199. The van der Waals surface area contributed by atoms with Crippen molar-refractivity contribution in [3.05, 3.63) is 33.8 Å². The number of amides is 3. The van der Waals surface area contributed by atoms with Crippen LogP contribution < -0.4 is 10.6 Å². The van der Waals surface area contributed by atoms with E-state index in [4.69, 9.17) is 23.2 Å². The van der Waals surface area contributed by atoms with Crippen LogP contribution >= 0.6 is 23.2 Å². The minimum absolute atomic E-state index is 0.137. The van der Waals surface area contributed by atoms with Gasteiger partial charge in [0.2, 0.25) is 11.8 Å². The number of carbonyl (C=O) groups excluding carboxylic acids is 3. The molecule has 0 saturated carbocycles. The Hall–Kier alpha value is -1.79. The van der Waals surface area contributed by atoms with E-state index in [1.54, 1.807) is 25.1 Å². The molecule has 8 heteroatoms. The second-order valence-electron chi connectivity index (χ2n) is 5.74. The quantitative estimate of drug-likeness (QED) is 0.836. The number of rotatable bonds is 2. The zero-order chi connectivity index (χ0) is 16.7. The Kier molecular flexibility index (Phi) is 4.21. The smallest absolute Gasteiger partial charge is 0.254 e. The number of benzene rings is 1. The third-order valence-electron chi connectivity index (χ3n) is 4.14. The standard InChI is InChI=1S/C15H15Cl2N3O3/c1-7-15(23)20-6-8(5-11(20)13(21)18-7)19-14(22)12-9(16)3-2-4-10(12)17/h2-4,7-8,11H,5-6H2,1H3,(H,18,21)(H,19,22)/t7-,8+,11+/m1/s1. The van der Waals surface area contributed by atoms with Crippen LogP contribution in [0.3, 0.4) is 0 Å². The summed E-state index contributed by atoms with van der Waals surface area (Å²) < 4.78 is 0. The minimum atomic E-state index is -0.536. The first-order valence-corrected chi connectivity index (χ1v) is 8.00. The highest BCUT2D eigenvalue weighted by atomic mass is 35.5. The van der Waals surface area contributed by atoms with Gasteiger partial charge in [0.1, 0.15) is 12.1 Å². The predicted molar refractivity (Wildman–Crippen MR) is 85.4 cm³/mol. The highest BCUT2D eigenvalue weighted by Gasteiger charge is 2.45. The van der Waals surface area contributed by atoms with Crippen molar-refractivity contribution in [2.75, 3.05) is 6.54 Å². The largest absolute Gasteiger partial charge is 0.347 e. The van der Waals surface area contributed by atoms with E-state index in [1.165, 1.54) is 4.90 Å². The van der Waals surface area contributed by atoms with Gasteiger partial charge in [0.15, 0.2) is 0 Å². The third kappa shape index (κ3) is 2.88. The van der Waals surface area contributed by atoms with E-state index >= 15 is 0 Å². The summed E-state index contributed by atoms with van der Waals surface area (Å²) in [4.78, 5) is 38.0. The number of halogens is 2. The molecule has 2 heterocycles. The zero-order valence-electron chi connectivity index (χ0n) is 12.3. The van der Waals surface area contributed by atoms with Crippen molar-refractivity contribution in [3.63, 3.8) is 0 Å². The molecule has 2 aliphatic rings. The van der Waals surface area contributed by atoms with Gasteiger partial charge < -0.3 is 15.5 Å². The summed E-state index contributed by atoms with van der Waals surface area (Å²) in [7, 11) is 0. The topological polar surface area (TPSA) is 78.5 Å². The molecule has 3 amide bonds. The summed E-state index contributed by atoms with van der Waals surface area (Å²) in [6.45, 7) is 1.95. The van der Waals surface area contributed by atoms with Crippen molar-refractivity contribution < 1.29 is 14.4 Å². The molecule has 6 nitrogen and oxygen atoms in total. The second kappa shape index (κ2) is 6.02. The van der Waals surface area contributed by atoms with E-state index in [0.717, 1.165) is 0 Å². The van der Waals surface area contributed by atoms with Crippen LogP contribution in [-0.4, -0.2) is 47.3 Å². The van der Waals surface area contributed by atoms with E-state index in [0.29, 0.717) is 13.0 Å². The number of fused-ring (bicyclic) bond motifs is 1. The van der Waals surface area contributed by atoms with E-state index < -0.39 is 18.0 Å². The van der Waals surface area contributed by atoms with Crippen molar-refractivity contribution in [3.8, 4) is 0 Å². The molecule has 122 valence electrons. The summed E-state index contributed by atoms with van der Waals surface area (Å²) in [6.07, 6.45) is 0.373. The van der Waals surface area contributed by atoms with E-state index in [2.05, 4.69) is 10.6 Å². The van der Waals surface area contributed by atoms with Crippen LogP contribution in [0.15, 0.2) is 18.2 Å². The molecule has 0 unspecified atom stereocenters. The number of piperazine rings is 1. The molecule has 2 saturated heterocycles. The summed E-state index contributed by atoms with van der Waals surface area (Å²) >= 11 is 12.0. The molecule has 2 aliphatic heterocycles. The highest BCUT2D eigenvalue weighted by molar-refractivity contribution is 6.39. The van der Waals surface area contributed by atoms with E-state index in [9.17, 15) is 14.4 Å². The van der Waals surface area contributed by atoms with Crippen molar-refractivity contribution >= 4 is 40.9 Å². The Morgan fingerprint density at radius 1 is 1.30 bits per heavy atom. The fourth-order valence-corrected chi connectivity index (χ4v) is 3.59. The van der Waals surface area contributed by atoms with Gasteiger partial charge >= 0.3 is 0 Å². The van der Waals surface area contributed by atoms with Crippen molar-refractivity contribution in [2.24, 2.45) is 0 Å². The maximum atomic E-state index is 12.4. The normalized spacial score (nSPS) is 26.7. The molecule has 1 aromatic carbocycles. The molecule has 0 aromatic heterocycles. The fourth-order valence-electron chi connectivity index (χ4n) is 3.03. The molecular weight excluding hydrogens is 341 g/mol. The molecule has 3 atom stereocenters. The molecule has 2 fully saturated rings. The van der Waals surface area contributed by atoms with E-state index in [1.807, 2.05) is 0 Å². The molecule has 0 bridgehead atoms. The average Bonchev–Trinajstić information content (AvgIpc) is 2.89. The Morgan fingerprint density at radius 2 is 1.96 bits per heavy atom. The predicted octanol–water partition coefficient (Wildman–Crippen LogP) is 1.21. The first kappa shape index (κ1) is 16.1. The van der Waals surface area contributed by atoms with Crippen LogP contribution in [0.2, 0.25) is 10.0 Å². The Morgan fingerprint density at radius 3 is 2.61 bits per heavy atom. The molecule has 0 aliphatic carbocycles. The SMILES string of the molecule is C[C@H]1NC(=O)[C@@H]2C[C@H](NC(=O)c3c(Cl)cccc3Cl)CN2C1=O. The Balaban J connectivity index is 1.74. The van der Waals surface area contributed by atoms with Gasteiger partial charge in [-0.25, -0.2) is 0 Å². The molecule has 2 N–H and O–H groups in total. The summed E-state index contributed by atoms with van der Waals surface area (Å²) in [5, 5.41) is 5.96. The summed E-state index contributed by atoms with van der Waals surface area (Å²) in [6, 6.07) is 3.43. The van der Waals surface area contributed by atoms with Gasteiger partial charge in [-0.2, -0.15) is 0 Å². The Labute approximate surface area is 143 Å². The second-order valence-corrected chi connectivity index (χ2v) is 6.55. The molecule has 0 spiro atoms. The number of hydrogen-bond donors (Lipinski definition) is 2. The molecular formula is C15H15Cl2N3O3. The van der Waals surface area contributed by atoms with Crippen LogP contribution in [0.25, 0.3) is 0 Å². The number of hydrogen-bond acceptors (Lipinski definition) is 3. The van der Waals surface area contributed by atoms with Crippen molar-refractivity contribution in [1.29, 1.82) is 0 Å². The Bertz CT molecular complexity index is 674. The molecule has 23 heavy (non-hydrogen) atoms. The van der Waals surface area contributed by atoms with Gasteiger partial charge in [-0.15, -0.1) is 0 Å². The van der Waals surface area contributed by atoms with Crippen LogP contribution in [-0.2, 0) is 9.59 Å². The fraction of sp³-hybridized carbons (Fsp3) is 0.400. The molecule has 1 aromatic rings. The van der Waals surface area contributed by atoms with Crippen molar-refractivity contribution in [1.82, 2.24) is 15.5 Å². The number of carbonyl (C=O) groups is 3. The van der Waals surface area contributed by atoms with Crippen LogP contribution in [0.1, 0.15) is 23.7 Å². The minimum Gasteiger partial charge on any atom is -0.347 e. The zero-order valence-corrected chi connectivity index (χ0v) is 13.8. The van der Waals surface area contributed by atoms with Crippen LogP contribution in [0.5, 0.6) is 0 Å². The number of nitrogens with one attached hydrogen (secondary N) is 2. The van der Waals surface area contributed by atoms with Gasteiger partial charge in [-0.05, 0) is 25.5 Å². The van der Waals surface area contributed by atoms with Gasteiger partial charge in [0.25, 0.3) is 5.91 Å². The lowest BCUT2D eigenvalue weighted by atomic mass is 10.1. The molecule has 3 rings (SSSR count). The van der Waals surface area contributed by atoms with Crippen LogP contribution in [0, 0.1) is 0 Å². The lowest BCUT2D eigenvalue weighted by Crippen LogP contribution is -2.60. The van der Waals surface area contributed by atoms with Crippen molar-refractivity contribution in [2.45, 2.75) is 31.5 Å². The lowest BCUT2D eigenvalue weighted by molar-refractivity contribution is -0.146. The van der Waals surface area contributed by atoms with Gasteiger partial charge in [-0.1, -0.05) is 29.3 Å². The summed E-state index contributed by atoms with van der Waals surface area (Å²) in [5.74, 6) is -0.738. The first-order chi connectivity index (χ1) is 10.9. The maximum absolute atomic E-state index is 12.4. The van der Waals surface area contributed by atoms with Gasteiger partial charge in [0.05, 0.1) is 15.6 Å². The average molecular weight is 356 g/mol. The number of nitrogens with zero attached hydrogens (tertiary/aromatic N) is 1. The third-order valence-corrected chi connectivity index (χ3v) is 4.77. The lowest BCUT2D eigenvalue weighted by Gasteiger charge is -2.32. The van der Waals surface area contributed by atoms with Crippen LogP contribution in [0.4, 0.5) is 0 Å². The first-order valence-electron chi connectivity index (χ1n) is 7.24.